The molecule has 0 aliphatic heterocycles. The highest BCUT2D eigenvalue weighted by molar-refractivity contribution is 7.90. The Bertz CT molecular complexity index is 207. The van der Waals surface area contributed by atoms with Crippen LogP contribution >= 0.6 is 0 Å². The first-order valence-corrected chi connectivity index (χ1v) is 7.46. The van der Waals surface area contributed by atoms with E-state index in [1.54, 1.807) is 0 Å². The zero-order chi connectivity index (χ0) is 11.6. The second-order valence-corrected chi connectivity index (χ2v) is 9.97. The van der Waals surface area contributed by atoms with Crippen LogP contribution in [0.3, 0.4) is 0 Å². The maximum atomic E-state index is 11.7. The fraction of sp³-hybridized carbons (Fsp3) is 1.00. The minimum absolute atomic E-state index is 0.192. The molecule has 2 nitrogen and oxygen atoms in total. The van der Waals surface area contributed by atoms with E-state index in [0.29, 0.717) is 11.5 Å². The molecule has 0 rings (SSSR count). The van der Waals surface area contributed by atoms with Gasteiger partial charge < -0.3 is 0 Å². The predicted molar refractivity (Wildman–Crippen MR) is 65.5 cm³/mol. The summed E-state index contributed by atoms with van der Waals surface area (Å²) >= 11 is 0. The smallest absolute Gasteiger partial charge is 0.0375 e. The Kier molecular flexibility index (Phi) is 4.99. The minimum atomic E-state index is -0.886. The van der Waals surface area contributed by atoms with Crippen LogP contribution in [-0.2, 0) is 21.6 Å². The second-order valence-electron chi connectivity index (χ2n) is 5.32. The van der Waals surface area contributed by atoms with Crippen molar-refractivity contribution in [3.63, 3.8) is 0 Å². The fourth-order valence-corrected chi connectivity index (χ4v) is 3.20. The van der Waals surface area contributed by atoms with Gasteiger partial charge in [-0.25, -0.2) is 0 Å². The summed E-state index contributed by atoms with van der Waals surface area (Å²) in [6, 6.07) is 0. The van der Waals surface area contributed by atoms with Gasteiger partial charge in [0.25, 0.3) is 0 Å². The van der Waals surface area contributed by atoms with Crippen molar-refractivity contribution in [2.45, 2.75) is 51.0 Å². The van der Waals surface area contributed by atoms with Gasteiger partial charge in [0.15, 0.2) is 0 Å². The summed E-state index contributed by atoms with van der Waals surface area (Å²) in [5.74, 6) is 1.07. The van der Waals surface area contributed by atoms with E-state index in [2.05, 4.69) is 0 Å². The van der Waals surface area contributed by atoms with Crippen molar-refractivity contribution in [3.8, 4) is 0 Å². The molecule has 0 spiro atoms. The zero-order valence-electron chi connectivity index (χ0n) is 10.0. The lowest BCUT2D eigenvalue weighted by atomic mass is 10.3. The summed E-state index contributed by atoms with van der Waals surface area (Å²) in [7, 11) is -1.77. The molecule has 86 valence electrons. The van der Waals surface area contributed by atoms with Gasteiger partial charge in [-0.05, 0) is 41.5 Å². The summed E-state index contributed by atoms with van der Waals surface area (Å²) in [5.41, 5.74) is 0. The van der Waals surface area contributed by atoms with Gasteiger partial charge in [-0.3, -0.25) is 8.42 Å². The molecule has 4 heteroatoms. The summed E-state index contributed by atoms with van der Waals surface area (Å²) in [6.07, 6.45) is 0. The van der Waals surface area contributed by atoms with E-state index in [1.807, 2.05) is 41.5 Å². The quantitative estimate of drug-likeness (QED) is 0.754. The molecular formula is C10H22O2S2. The second kappa shape index (κ2) is 4.88. The molecule has 0 aromatic heterocycles. The van der Waals surface area contributed by atoms with Crippen molar-refractivity contribution in [3.05, 3.63) is 0 Å². The first kappa shape index (κ1) is 14.3. The van der Waals surface area contributed by atoms with Crippen LogP contribution in [0.2, 0.25) is 0 Å². The number of hydrogen-bond donors (Lipinski definition) is 0. The van der Waals surface area contributed by atoms with Gasteiger partial charge in [-0.2, -0.15) is 0 Å². The average molecular weight is 238 g/mol. The van der Waals surface area contributed by atoms with Crippen molar-refractivity contribution in [2.24, 2.45) is 0 Å². The highest BCUT2D eigenvalue weighted by Crippen LogP contribution is 2.15. The van der Waals surface area contributed by atoms with Gasteiger partial charge in [0, 0.05) is 42.6 Å². The van der Waals surface area contributed by atoms with Crippen molar-refractivity contribution in [1.29, 1.82) is 0 Å². The lowest BCUT2D eigenvalue weighted by Crippen LogP contribution is -2.30. The van der Waals surface area contributed by atoms with Crippen LogP contribution in [0.15, 0.2) is 0 Å². The molecule has 0 aromatic carbocycles. The Morgan fingerprint density at radius 2 is 0.929 bits per heavy atom. The molecule has 0 aliphatic carbocycles. The van der Waals surface area contributed by atoms with E-state index >= 15 is 0 Å². The summed E-state index contributed by atoms with van der Waals surface area (Å²) in [4.78, 5) is 0. The number of rotatable bonds is 3. The lowest BCUT2D eigenvalue weighted by Gasteiger charge is -2.21. The van der Waals surface area contributed by atoms with Gasteiger partial charge in [0.2, 0.25) is 0 Å². The van der Waals surface area contributed by atoms with Crippen molar-refractivity contribution < 1.29 is 8.42 Å². The molecule has 0 bridgehead atoms. The molecule has 0 saturated carbocycles. The zero-order valence-corrected chi connectivity index (χ0v) is 11.7. The molecule has 0 amide bonds. The molecule has 0 aliphatic rings. The predicted octanol–water partition coefficient (Wildman–Crippen LogP) is 2.08. The van der Waals surface area contributed by atoms with Crippen LogP contribution in [-0.4, -0.2) is 29.4 Å². The van der Waals surface area contributed by atoms with Crippen LogP contribution in [0, 0.1) is 0 Å². The van der Waals surface area contributed by atoms with Gasteiger partial charge in [0.05, 0.1) is 0 Å². The third kappa shape index (κ3) is 5.25. The Morgan fingerprint density at radius 3 is 1.07 bits per heavy atom. The van der Waals surface area contributed by atoms with Gasteiger partial charge >= 0.3 is 0 Å². The molecule has 0 heterocycles. The topological polar surface area (TPSA) is 34.1 Å². The molecule has 0 N–H and O–H groups in total. The summed E-state index contributed by atoms with van der Waals surface area (Å²) in [6.45, 7) is 11.7. The van der Waals surface area contributed by atoms with Crippen molar-refractivity contribution >= 4 is 21.6 Å². The Hall–Kier alpha value is 0.300. The average Bonchev–Trinajstić information content (AvgIpc) is 1.95. The van der Waals surface area contributed by atoms with Crippen LogP contribution in [0.25, 0.3) is 0 Å². The molecule has 0 aromatic rings. The molecule has 0 unspecified atom stereocenters. The van der Waals surface area contributed by atoms with E-state index in [4.69, 9.17) is 0 Å². The van der Waals surface area contributed by atoms with E-state index in [-0.39, 0.29) is 9.49 Å². The molecule has 0 saturated heterocycles. The first-order valence-electron chi connectivity index (χ1n) is 4.82. The summed E-state index contributed by atoms with van der Waals surface area (Å²) in [5, 5.41) is 0. The van der Waals surface area contributed by atoms with Crippen LogP contribution in [0.1, 0.15) is 41.5 Å². The van der Waals surface area contributed by atoms with Crippen LogP contribution in [0.5, 0.6) is 0 Å². The third-order valence-corrected chi connectivity index (χ3v) is 5.96. The van der Waals surface area contributed by atoms with Gasteiger partial charge in [0.1, 0.15) is 0 Å². The van der Waals surface area contributed by atoms with E-state index < -0.39 is 21.6 Å². The fourth-order valence-electron chi connectivity index (χ4n) is 0.764. The molecule has 0 radical (unpaired) electrons. The Balaban J connectivity index is 4.10. The Labute approximate surface area is 92.8 Å². The standard InChI is InChI=1S/C10H22O2S2/c1-9(2,3)13(11)7-8-14(12)10(4,5)6/h7-8H2,1-6H3/t13-,14-/m0/s1. The maximum Gasteiger partial charge on any atom is 0.0375 e. The van der Waals surface area contributed by atoms with Crippen molar-refractivity contribution in [2.75, 3.05) is 11.5 Å². The van der Waals surface area contributed by atoms with Crippen molar-refractivity contribution in [1.82, 2.24) is 0 Å². The molecular weight excluding hydrogens is 216 g/mol. The molecule has 0 fully saturated rings. The monoisotopic (exact) mass is 238 g/mol. The van der Waals surface area contributed by atoms with Crippen LogP contribution < -0.4 is 0 Å². The van der Waals surface area contributed by atoms with E-state index in [9.17, 15) is 8.42 Å². The molecule has 14 heavy (non-hydrogen) atoms. The molecule has 2 atom stereocenters. The summed E-state index contributed by atoms with van der Waals surface area (Å²) < 4.78 is 23.0. The highest BCUT2D eigenvalue weighted by atomic mass is 32.2. The largest absolute Gasteiger partial charge is 0.259 e. The number of hydrogen-bond acceptors (Lipinski definition) is 2. The van der Waals surface area contributed by atoms with E-state index in [1.165, 1.54) is 0 Å². The lowest BCUT2D eigenvalue weighted by molar-refractivity contribution is 0.643. The van der Waals surface area contributed by atoms with Gasteiger partial charge in [-0.15, -0.1) is 0 Å². The van der Waals surface area contributed by atoms with Crippen LogP contribution in [0.4, 0.5) is 0 Å². The van der Waals surface area contributed by atoms with E-state index in [0.717, 1.165) is 0 Å². The maximum absolute atomic E-state index is 11.7. The SMILES string of the molecule is CC(C)(C)[S@@](=O)CC[S@](=O)C(C)(C)C. The highest BCUT2D eigenvalue weighted by Gasteiger charge is 2.23. The minimum Gasteiger partial charge on any atom is -0.259 e. The Morgan fingerprint density at radius 1 is 0.714 bits per heavy atom. The van der Waals surface area contributed by atoms with Gasteiger partial charge in [-0.1, -0.05) is 0 Å². The first-order chi connectivity index (χ1) is 6.05. The third-order valence-electron chi connectivity index (χ3n) is 1.82. The normalized spacial score (nSPS) is 17.9.